The molecule has 4 nitrogen and oxygen atoms in total. The van der Waals surface area contributed by atoms with Crippen LogP contribution in [0, 0.1) is 13.8 Å². The van der Waals surface area contributed by atoms with Crippen molar-refractivity contribution in [1.82, 2.24) is 15.1 Å². The van der Waals surface area contributed by atoms with E-state index in [0.29, 0.717) is 6.42 Å². The number of aryl methyl sites for hydroxylation is 2. The Kier molecular flexibility index (Phi) is 5.52. The molecule has 0 fully saturated rings. The Balaban J connectivity index is 1.78. The van der Waals surface area contributed by atoms with Crippen LogP contribution in [-0.2, 0) is 24.7 Å². The molecular formula is C22H25N3O. The van der Waals surface area contributed by atoms with Crippen LogP contribution in [0.3, 0.4) is 0 Å². The van der Waals surface area contributed by atoms with Crippen LogP contribution in [0.5, 0.6) is 0 Å². The van der Waals surface area contributed by atoms with Crippen LogP contribution < -0.4 is 5.32 Å². The Morgan fingerprint density at radius 3 is 2.23 bits per heavy atom. The molecule has 0 radical (unpaired) electrons. The SMILES string of the molecule is Cc1nn(C)c(C)c1CC(=O)NC(Cc1ccccc1)c1ccccc1. The maximum absolute atomic E-state index is 12.8. The normalized spacial score (nSPS) is 12.0. The van der Waals surface area contributed by atoms with E-state index in [1.165, 1.54) is 5.56 Å². The second-order valence-corrected chi connectivity index (χ2v) is 6.67. The smallest absolute Gasteiger partial charge is 0.225 e. The Bertz CT molecular complexity index is 869. The largest absolute Gasteiger partial charge is 0.349 e. The van der Waals surface area contributed by atoms with Gasteiger partial charge in [0.05, 0.1) is 18.2 Å². The summed E-state index contributed by atoms with van der Waals surface area (Å²) >= 11 is 0. The highest BCUT2D eigenvalue weighted by molar-refractivity contribution is 5.79. The van der Waals surface area contributed by atoms with Crippen molar-refractivity contribution in [2.24, 2.45) is 7.05 Å². The van der Waals surface area contributed by atoms with Gasteiger partial charge in [-0.1, -0.05) is 60.7 Å². The van der Waals surface area contributed by atoms with E-state index in [9.17, 15) is 4.79 Å². The first-order chi connectivity index (χ1) is 12.5. The predicted octanol–water partition coefficient (Wildman–Crippen LogP) is 3.68. The van der Waals surface area contributed by atoms with Crippen LogP contribution in [0.2, 0.25) is 0 Å². The molecule has 134 valence electrons. The minimum atomic E-state index is -0.0524. The summed E-state index contributed by atoms with van der Waals surface area (Å²) in [6.45, 7) is 3.95. The molecule has 1 heterocycles. The van der Waals surface area contributed by atoms with Crippen molar-refractivity contribution >= 4 is 5.91 Å². The summed E-state index contributed by atoms with van der Waals surface area (Å²) in [5.74, 6) is 0.0222. The monoisotopic (exact) mass is 347 g/mol. The zero-order valence-electron chi connectivity index (χ0n) is 15.6. The molecule has 1 amide bonds. The molecule has 0 aliphatic heterocycles. The van der Waals surface area contributed by atoms with Crippen LogP contribution in [0.25, 0.3) is 0 Å². The van der Waals surface area contributed by atoms with E-state index in [4.69, 9.17) is 0 Å². The second kappa shape index (κ2) is 8.00. The molecule has 26 heavy (non-hydrogen) atoms. The van der Waals surface area contributed by atoms with Crippen LogP contribution >= 0.6 is 0 Å². The fraction of sp³-hybridized carbons (Fsp3) is 0.273. The van der Waals surface area contributed by atoms with Crippen molar-refractivity contribution < 1.29 is 4.79 Å². The number of rotatable bonds is 6. The van der Waals surface area contributed by atoms with Gasteiger partial charge in [-0.25, -0.2) is 0 Å². The highest BCUT2D eigenvalue weighted by Crippen LogP contribution is 2.19. The fourth-order valence-corrected chi connectivity index (χ4v) is 3.27. The van der Waals surface area contributed by atoms with Crippen molar-refractivity contribution in [2.45, 2.75) is 32.7 Å². The molecule has 3 aromatic rings. The molecule has 0 aliphatic rings. The molecule has 0 saturated heterocycles. The first-order valence-electron chi connectivity index (χ1n) is 8.92. The van der Waals surface area contributed by atoms with Crippen LogP contribution in [0.1, 0.15) is 34.1 Å². The Morgan fingerprint density at radius 2 is 1.65 bits per heavy atom. The minimum Gasteiger partial charge on any atom is -0.349 e. The van der Waals surface area contributed by atoms with Gasteiger partial charge in [-0.3, -0.25) is 9.48 Å². The second-order valence-electron chi connectivity index (χ2n) is 6.67. The zero-order chi connectivity index (χ0) is 18.5. The Morgan fingerprint density at radius 1 is 1.04 bits per heavy atom. The summed E-state index contributed by atoms with van der Waals surface area (Å²) in [6.07, 6.45) is 1.12. The summed E-state index contributed by atoms with van der Waals surface area (Å²) in [7, 11) is 1.91. The van der Waals surface area contributed by atoms with Gasteiger partial charge < -0.3 is 5.32 Å². The lowest BCUT2D eigenvalue weighted by atomic mass is 9.98. The van der Waals surface area contributed by atoms with Gasteiger partial charge in [0, 0.05) is 18.3 Å². The van der Waals surface area contributed by atoms with Gasteiger partial charge in [0.25, 0.3) is 0 Å². The summed E-state index contributed by atoms with van der Waals surface area (Å²) in [6, 6.07) is 20.3. The number of hydrogen-bond donors (Lipinski definition) is 1. The summed E-state index contributed by atoms with van der Waals surface area (Å²) in [5, 5.41) is 7.62. The fourth-order valence-electron chi connectivity index (χ4n) is 3.27. The van der Waals surface area contributed by atoms with Crippen molar-refractivity contribution in [2.75, 3.05) is 0 Å². The lowest BCUT2D eigenvalue weighted by molar-refractivity contribution is -0.121. The standard InChI is InChI=1S/C22H25N3O/c1-16-20(17(2)25(3)24-16)15-22(26)23-21(19-12-8-5-9-13-19)14-18-10-6-4-7-11-18/h4-13,21H,14-15H2,1-3H3,(H,23,26). The number of hydrogen-bond acceptors (Lipinski definition) is 2. The number of nitrogens with zero attached hydrogens (tertiary/aromatic N) is 2. The first-order valence-corrected chi connectivity index (χ1v) is 8.92. The molecule has 4 heteroatoms. The maximum Gasteiger partial charge on any atom is 0.225 e. The molecule has 0 spiro atoms. The zero-order valence-corrected chi connectivity index (χ0v) is 15.6. The van der Waals surface area contributed by atoms with Crippen molar-refractivity contribution in [3.05, 3.63) is 88.7 Å². The van der Waals surface area contributed by atoms with E-state index in [1.807, 2.05) is 62.0 Å². The maximum atomic E-state index is 12.8. The van der Waals surface area contributed by atoms with E-state index in [1.54, 1.807) is 0 Å². The molecule has 1 atom stereocenters. The third-order valence-corrected chi connectivity index (χ3v) is 4.82. The predicted molar refractivity (Wildman–Crippen MR) is 104 cm³/mol. The number of amides is 1. The first kappa shape index (κ1) is 17.9. The summed E-state index contributed by atoms with van der Waals surface area (Å²) < 4.78 is 1.83. The van der Waals surface area contributed by atoms with E-state index >= 15 is 0 Å². The van der Waals surface area contributed by atoms with Gasteiger partial charge in [-0.2, -0.15) is 5.10 Å². The van der Waals surface area contributed by atoms with Crippen LogP contribution in [0.4, 0.5) is 0 Å². The van der Waals surface area contributed by atoms with Crippen LogP contribution in [-0.4, -0.2) is 15.7 Å². The molecule has 2 aromatic carbocycles. The third kappa shape index (κ3) is 4.20. The molecule has 1 N–H and O–H groups in total. The van der Waals surface area contributed by atoms with Gasteiger partial charge in [-0.15, -0.1) is 0 Å². The molecule has 0 saturated carbocycles. The van der Waals surface area contributed by atoms with E-state index < -0.39 is 0 Å². The molecule has 0 aliphatic carbocycles. The number of nitrogens with one attached hydrogen (secondary N) is 1. The number of benzene rings is 2. The molecule has 3 rings (SSSR count). The highest BCUT2D eigenvalue weighted by Gasteiger charge is 2.18. The Labute approximate surface area is 154 Å². The molecule has 1 unspecified atom stereocenters. The Hall–Kier alpha value is -2.88. The van der Waals surface area contributed by atoms with Gasteiger partial charge in [0.2, 0.25) is 5.91 Å². The summed E-state index contributed by atoms with van der Waals surface area (Å²) in [5.41, 5.74) is 5.28. The van der Waals surface area contributed by atoms with Crippen molar-refractivity contribution in [3.8, 4) is 0 Å². The lowest BCUT2D eigenvalue weighted by Crippen LogP contribution is -2.31. The number of aromatic nitrogens is 2. The van der Waals surface area contributed by atoms with E-state index in [0.717, 1.165) is 28.9 Å². The third-order valence-electron chi connectivity index (χ3n) is 4.82. The molecule has 0 bridgehead atoms. The van der Waals surface area contributed by atoms with Gasteiger partial charge in [-0.05, 0) is 31.4 Å². The molecule has 1 aromatic heterocycles. The average molecular weight is 347 g/mol. The van der Waals surface area contributed by atoms with Gasteiger partial charge in [0.15, 0.2) is 0 Å². The van der Waals surface area contributed by atoms with E-state index in [2.05, 4.69) is 34.7 Å². The van der Waals surface area contributed by atoms with Crippen molar-refractivity contribution in [1.29, 1.82) is 0 Å². The lowest BCUT2D eigenvalue weighted by Gasteiger charge is -2.20. The minimum absolute atomic E-state index is 0.0222. The number of carbonyl (C=O) groups excluding carboxylic acids is 1. The van der Waals surface area contributed by atoms with Gasteiger partial charge in [0.1, 0.15) is 0 Å². The topological polar surface area (TPSA) is 46.9 Å². The van der Waals surface area contributed by atoms with Crippen molar-refractivity contribution in [3.63, 3.8) is 0 Å². The summed E-state index contributed by atoms with van der Waals surface area (Å²) in [4.78, 5) is 12.8. The highest BCUT2D eigenvalue weighted by atomic mass is 16.1. The van der Waals surface area contributed by atoms with E-state index in [-0.39, 0.29) is 11.9 Å². The van der Waals surface area contributed by atoms with Gasteiger partial charge >= 0.3 is 0 Å². The molecular weight excluding hydrogens is 322 g/mol. The quantitative estimate of drug-likeness (QED) is 0.739. The average Bonchev–Trinajstić information content (AvgIpc) is 2.89. The van der Waals surface area contributed by atoms with Crippen LogP contribution in [0.15, 0.2) is 60.7 Å². The number of carbonyl (C=O) groups is 1.